The molecule has 100 heavy (non-hydrogen) atoms. The molecule has 28 nitrogen and oxygen atoms in total. The van der Waals surface area contributed by atoms with Crippen molar-refractivity contribution in [2.75, 3.05) is 20.4 Å². The number of amides is 1. The number of likely N-dealkylation sites (N-methyl/N-ethyl adjacent to an activating group) is 1. The van der Waals surface area contributed by atoms with Gasteiger partial charge >= 0.3 is 40.2 Å². The zero-order valence-corrected chi connectivity index (χ0v) is 73.8. The van der Waals surface area contributed by atoms with E-state index in [1.54, 1.807) is 61.9 Å². The summed E-state index contributed by atoms with van der Waals surface area (Å²) < 4.78 is 70.6. The first-order valence-electron chi connectivity index (χ1n) is 32.9. The second-order valence-electron chi connectivity index (χ2n) is 25.3. The van der Waals surface area contributed by atoms with Gasteiger partial charge in [-0.25, -0.2) is 4.18 Å². The van der Waals surface area contributed by atoms with Crippen LogP contribution in [-0.2, 0) is 90.5 Å². The number of carbonyl (C=O) groups excluding carboxylic acids is 9. The smallest absolute Gasteiger partial charge is 0.397 e. The third-order valence-electron chi connectivity index (χ3n) is 6.39. The normalized spacial score (nSPS) is 10.3. The van der Waals surface area contributed by atoms with Crippen molar-refractivity contribution in [3.8, 4) is 0 Å². The molecular formula is C67H145N6O22PS4. The molecule has 0 fully saturated rings. The Morgan fingerprint density at radius 2 is 0.730 bits per heavy atom. The maximum atomic E-state index is 10.9. The molecule has 3 N–H and O–H groups in total. The van der Waals surface area contributed by atoms with Crippen LogP contribution in [0.5, 0.6) is 0 Å². The number of hydrogen-bond donors (Lipinski definition) is 3. The SMILES string of the molecule is CC(=O)OC(C)C.CC(=O)OC(C)C.CC(=O)OC(C)C.CC(=O)OC(C)C.CC(=O)SC(C)C.CC(=O)SC(C)C.CC(=O)SC(C)C.CC(C)C.CC(C)N=[N+]=[N-].CC(C)NC(=O)C(C)C.CC(C)OP(C)(C)=O.CC(C)OS(=O)(=O)O.CC(C)[N+](=O)[O-].CNC(C)C(=O)OC(C)C. The second kappa shape index (κ2) is 83.6. The Balaban J connectivity index is -0.0000000666. The van der Waals surface area contributed by atoms with E-state index in [1.807, 2.05) is 166 Å². The summed E-state index contributed by atoms with van der Waals surface area (Å²) in [5.74, 6) is 0.0184. The Morgan fingerprint density at radius 3 is 0.770 bits per heavy atom. The van der Waals surface area contributed by atoms with E-state index >= 15 is 0 Å². The topological polar surface area (TPSA) is 406 Å². The summed E-state index contributed by atoms with van der Waals surface area (Å²) in [6, 6.07) is -0.262. The van der Waals surface area contributed by atoms with Gasteiger partial charge in [0.25, 0.3) is 0 Å². The van der Waals surface area contributed by atoms with Crippen LogP contribution in [0.2, 0.25) is 0 Å². The minimum Gasteiger partial charge on any atom is -0.463 e. The molecule has 1 amide bonds. The maximum absolute atomic E-state index is 10.9. The van der Waals surface area contributed by atoms with Gasteiger partial charge in [-0.2, -0.15) is 8.42 Å². The molecule has 0 bridgehead atoms. The standard InChI is InChI=1S/C7H15NO2.C7H15NO.C5H13O2P.4C5H10O2.3C5H10OS.C4H10.C3H7N3.C3H7NO2.C3H8O4S/c1-5(2)10-7(9)6(3)8-4;1-5(2)7(9)8-6(3)4;1-5(2)7-8(3,4)6;7*1-4(2)7-5(3)6;1-4(2)3;1-3(2)5-6-4;1-3(2)4(5)6;1-3(2)7-8(4,5)6/h5-6,8H,1-4H3;5-6H,1-4H3,(H,8,9);5H,1-4H3;7*4H,1-3H3;4H,1-3H3;2*3H,1-2H3;3H,1-2H3,(H,4,5,6). The van der Waals surface area contributed by atoms with Gasteiger partial charge in [0, 0.05) is 119 Å². The van der Waals surface area contributed by atoms with Crippen molar-refractivity contribution < 1.29 is 98.0 Å². The molecule has 0 aromatic carbocycles. The minimum atomic E-state index is -4.22. The summed E-state index contributed by atoms with van der Waals surface area (Å²) >= 11 is 4.11. The number of nitrogens with zero attached hydrogens (tertiary/aromatic N) is 4. The number of azide groups is 1. The molecule has 0 aliphatic carbocycles. The third-order valence-corrected chi connectivity index (χ3v) is 10.4. The average Bonchev–Trinajstić information content (AvgIpc) is 3.40. The molecule has 604 valence electrons. The largest absolute Gasteiger partial charge is 0.463 e. The van der Waals surface area contributed by atoms with Crippen molar-refractivity contribution >= 4 is 104 Å². The van der Waals surface area contributed by atoms with Crippen LogP contribution < -0.4 is 10.6 Å². The van der Waals surface area contributed by atoms with Crippen LogP contribution in [0.25, 0.3) is 10.4 Å². The quantitative estimate of drug-likeness (QED) is 0.0132. The number of ether oxygens (including phenoxy) is 5. The van der Waals surface area contributed by atoms with E-state index in [4.69, 9.17) is 19.3 Å². The van der Waals surface area contributed by atoms with E-state index in [2.05, 4.69) is 64.6 Å². The predicted octanol–water partition coefficient (Wildman–Crippen LogP) is 16.8. The zero-order valence-electron chi connectivity index (χ0n) is 69.6. The van der Waals surface area contributed by atoms with E-state index in [0.29, 0.717) is 15.7 Å². The lowest BCUT2D eigenvalue weighted by Crippen LogP contribution is -2.33. The molecule has 0 heterocycles. The Kier molecular flexibility index (Phi) is 107. The first kappa shape index (κ1) is 128. The van der Waals surface area contributed by atoms with Crippen LogP contribution in [0, 0.1) is 22.0 Å². The van der Waals surface area contributed by atoms with Gasteiger partial charge in [-0.15, -0.1) is 0 Å². The number of rotatable bonds is 18. The summed E-state index contributed by atoms with van der Waals surface area (Å²) in [7, 11) is -4.72. The molecule has 1 unspecified atom stereocenters. The van der Waals surface area contributed by atoms with Gasteiger partial charge in [-0.1, -0.05) is 130 Å². The number of nitrogens with one attached hydrogen (secondary N) is 2. The Hall–Kier alpha value is -4.39. The van der Waals surface area contributed by atoms with Crippen molar-refractivity contribution in [3.63, 3.8) is 0 Å². The Bertz CT molecular complexity index is 2030. The van der Waals surface area contributed by atoms with Crippen LogP contribution in [-0.4, -0.2) is 172 Å². The fourth-order valence-electron chi connectivity index (χ4n) is 4.08. The summed E-state index contributed by atoms with van der Waals surface area (Å²) in [6.45, 7) is 73.4. The summed E-state index contributed by atoms with van der Waals surface area (Å²) in [6.07, 6.45) is -0.339. The molecule has 0 saturated carbocycles. The number of thioether (sulfide) groups is 3. The highest BCUT2D eigenvalue weighted by Gasteiger charge is 2.13. The van der Waals surface area contributed by atoms with Gasteiger partial charge in [0.2, 0.25) is 11.9 Å². The van der Waals surface area contributed by atoms with Crippen LogP contribution in [0.3, 0.4) is 0 Å². The molecule has 0 aliphatic rings. The van der Waals surface area contributed by atoms with Gasteiger partial charge in [0.1, 0.15) is 6.04 Å². The molecule has 0 radical (unpaired) electrons. The van der Waals surface area contributed by atoms with Crippen molar-refractivity contribution in [3.05, 3.63) is 20.6 Å². The lowest BCUT2D eigenvalue weighted by atomic mass is 10.2. The number of hydrogen-bond acceptors (Lipinski definition) is 26. The van der Waals surface area contributed by atoms with Gasteiger partial charge in [0.05, 0.1) is 42.7 Å². The molecule has 0 aromatic rings. The van der Waals surface area contributed by atoms with Crippen LogP contribution in [0.4, 0.5) is 0 Å². The summed E-state index contributed by atoms with van der Waals surface area (Å²) in [5.41, 5.74) is 7.70. The molecule has 0 aromatic heterocycles. The number of esters is 5. The van der Waals surface area contributed by atoms with E-state index in [0.717, 1.165) is 5.92 Å². The van der Waals surface area contributed by atoms with Gasteiger partial charge in [-0.05, 0) is 136 Å². The second-order valence-corrected chi connectivity index (χ2v) is 34.3. The molecule has 1 atom stereocenters. The monoisotopic (exact) mass is 1540 g/mol. The molecular weight excluding hydrogens is 1400 g/mol. The summed E-state index contributed by atoms with van der Waals surface area (Å²) in [5, 5.41) is 20.3. The molecule has 0 spiro atoms. The highest BCUT2D eigenvalue weighted by molar-refractivity contribution is 8.14. The molecule has 0 rings (SSSR count). The third kappa shape index (κ3) is 234. The first-order valence-corrected chi connectivity index (χ1v) is 39.5. The lowest BCUT2D eigenvalue weighted by molar-refractivity contribution is -0.513. The van der Waals surface area contributed by atoms with Crippen molar-refractivity contribution in [1.82, 2.24) is 10.6 Å². The van der Waals surface area contributed by atoms with Crippen LogP contribution >= 0.6 is 42.7 Å². The summed E-state index contributed by atoms with van der Waals surface area (Å²) in [4.78, 5) is 104. The van der Waals surface area contributed by atoms with E-state index in [-0.39, 0.29) is 117 Å². The highest BCUT2D eigenvalue weighted by Crippen LogP contribution is 2.38. The number of nitro groups is 1. The average molecular weight is 1550 g/mol. The Labute approximate surface area is 620 Å². The zero-order chi connectivity index (χ0) is 83.9. The first-order chi connectivity index (χ1) is 44.5. The lowest BCUT2D eigenvalue weighted by Gasteiger charge is -2.12. The highest BCUT2D eigenvalue weighted by atomic mass is 32.3. The van der Waals surface area contributed by atoms with Crippen LogP contribution in [0.1, 0.15) is 270 Å². The molecule has 0 aliphatic heterocycles. The van der Waals surface area contributed by atoms with Crippen molar-refractivity contribution in [1.29, 1.82) is 0 Å². The number of carbonyl (C=O) groups is 9. The van der Waals surface area contributed by atoms with Gasteiger partial charge in [0.15, 0.2) is 22.7 Å². The predicted molar refractivity (Wildman–Crippen MR) is 416 cm³/mol. The molecule has 33 heteroatoms. The van der Waals surface area contributed by atoms with Crippen LogP contribution in [0.15, 0.2) is 5.11 Å². The van der Waals surface area contributed by atoms with Gasteiger partial charge in [-0.3, -0.25) is 62.4 Å². The fourth-order valence-corrected chi connectivity index (χ4v) is 7.57. The van der Waals surface area contributed by atoms with E-state index in [9.17, 15) is 66.2 Å². The fraction of sp³-hybridized carbons (Fsp3) is 0.866. The molecule has 0 saturated heterocycles. The van der Waals surface area contributed by atoms with E-state index in [1.165, 1.54) is 76.8 Å². The minimum absolute atomic E-state index is 0.0247. The Morgan fingerprint density at radius 1 is 0.490 bits per heavy atom. The van der Waals surface area contributed by atoms with E-state index < -0.39 is 29.9 Å². The van der Waals surface area contributed by atoms with Gasteiger partial charge < -0.3 is 38.8 Å². The van der Waals surface area contributed by atoms with Crippen molar-refractivity contribution in [2.45, 2.75) is 353 Å². The van der Waals surface area contributed by atoms with Crippen molar-refractivity contribution in [2.24, 2.45) is 17.0 Å². The maximum Gasteiger partial charge on any atom is 0.397 e.